The maximum atomic E-state index is 5.45. The van der Waals surface area contributed by atoms with Crippen molar-refractivity contribution in [1.29, 1.82) is 0 Å². The van der Waals surface area contributed by atoms with E-state index in [1.807, 2.05) is 37.3 Å². The number of aryl methyl sites for hydroxylation is 1. The smallest absolute Gasteiger partial charge is 0.130 e. The molecule has 3 rings (SSSR count). The lowest BCUT2D eigenvalue weighted by atomic mass is 10.0. The Morgan fingerprint density at radius 2 is 1.83 bits per heavy atom. The van der Waals surface area contributed by atoms with Gasteiger partial charge in [0.25, 0.3) is 0 Å². The topological polar surface area (TPSA) is 48.3 Å². The van der Waals surface area contributed by atoms with Gasteiger partial charge in [-0.1, -0.05) is 0 Å². The van der Waals surface area contributed by atoms with Crippen molar-refractivity contribution in [2.24, 2.45) is 7.05 Å². The van der Waals surface area contributed by atoms with E-state index in [1.165, 1.54) is 24.3 Å². The van der Waals surface area contributed by atoms with Crippen LogP contribution in [-0.4, -0.2) is 41.3 Å². The van der Waals surface area contributed by atoms with E-state index in [1.54, 1.807) is 14.2 Å². The third-order valence-corrected chi connectivity index (χ3v) is 5.50. The third-order valence-electron chi connectivity index (χ3n) is 4.45. The Balaban J connectivity index is 1.96. The van der Waals surface area contributed by atoms with Gasteiger partial charge >= 0.3 is 0 Å². The van der Waals surface area contributed by atoms with Crippen molar-refractivity contribution in [3.8, 4) is 11.5 Å². The molecule has 0 bridgehead atoms. The highest BCUT2D eigenvalue weighted by atomic mass is 32.2. The minimum atomic E-state index is 0.0158. The summed E-state index contributed by atoms with van der Waals surface area (Å²) >= 11 is 2.03. The number of aromatic nitrogens is 2. The van der Waals surface area contributed by atoms with Crippen molar-refractivity contribution in [2.75, 3.05) is 25.7 Å². The standard InChI is InChI=1S/C18H25N3O2S/c1-21-7-6-19-18(21)17(20-14-4-8-24-9-5-14)13-10-15(22-2)12-16(11-13)23-3/h6-7,10-12,14,17,20H,4-5,8-9H2,1-3H3. The van der Waals surface area contributed by atoms with E-state index in [-0.39, 0.29) is 6.04 Å². The fraction of sp³-hybridized carbons (Fsp3) is 0.500. The molecule has 0 spiro atoms. The van der Waals surface area contributed by atoms with Crippen molar-refractivity contribution in [3.63, 3.8) is 0 Å². The highest BCUT2D eigenvalue weighted by Gasteiger charge is 2.24. The van der Waals surface area contributed by atoms with Gasteiger partial charge in [0, 0.05) is 31.5 Å². The molecule has 0 saturated carbocycles. The Morgan fingerprint density at radius 1 is 1.17 bits per heavy atom. The van der Waals surface area contributed by atoms with E-state index in [9.17, 15) is 0 Å². The predicted octanol–water partition coefficient (Wildman–Crippen LogP) is 3.01. The van der Waals surface area contributed by atoms with Gasteiger partial charge in [0.2, 0.25) is 0 Å². The first-order chi connectivity index (χ1) is 11.7. The minimum absolute atomic E-state index is 0.0158. The normalized spacial score (nSPS) is 16.8. The second-order valence-corrected chi connectivity index (χ2v) is 7.25. The lowest BCUT2D eigenvalue weighted by molar-refractivity contribution is 0.388. The number of methoxy groups -OCH3 is 2. The molecule has 1 aromatic heterocycles. The first-order valence-electron chi connectivity index (χ1n) is 8.25. The monoisotopic (exact) mass is 347 g/mol. The molecule has 130 valence electrons. The average molecular weight is 347 g/mol. The first-order valence-corrected chi connectivity index (χ1v) is 9.40. The van der Waals surface area contributed by atoms with E-state index >= 15 is 0 Å². The number of imidazole rings is 1. The summed E-state index contributed by atoms with van der Waals surface area (Å²) in [6.07, 6.45) is 6.20. The summed E-state index contributed by atoms with van der Waals surface area (Å²) in [5.74, 6) is 5.02. The second-order valence-electron chi connectivity index (χ2n) is 6.03. The van der Waals surface area contributed by atoms with E-state index in [0.717, 1.165) is 22.9 Å². The number of nitrogens with one attached hydrogen (secondary N) is 1. The van der Waals surface area contributed by atoms with Crippen molar-refractivity contribution in [1.82, 2.24) is 14.9 Å². The Labute approximate surface area is 147 Å². The summed E-state index contributed by atoms with van der Waals surface area (Å²) in [5, 5.41) is 3.81. The summed E-state index contributed by atoms with van der Waals surface area (Å²) in [6.45, 7) is 0. The van der Waals surface area contributed by atoms with Crippen molar-refractivity contribution in [3.05, 3.63) is 42.0 Å². The molecule has 1 N–H and O–H groups in total. The third kappa shape index (κ3) is 3.87. The van der Waals surface area contributed by atoms with E-state index in [4.69, 9.17) is 9.47 Å². The van der Waals surface area contributed by atoms with Crippen molar-refractivity contribution in [2.45, 2.75) is 24.9 Å². The maximum absolute atomic E-state index is 5.45. The fourth-order valence-electron chi connectivity index (χ4n) is 3.07. The minimum Gasteiger partial charge on any atom is -0.497 e. The lowest BCUT2D eigenvalue weighted by Crippen LogP contribution is -2.37. The summed E-state index contributed by atoms with van der Waals surface area (Å²) < 4.78 is 13.0. The van der Waals surface area contributed by atoms with Gasteiger partial charge < -0.3 is 19.4 Å². The van der Waals surface area contributed by atoms with Gasteiger partial charge in [0.15, 0.2) is 0 Å². The highest BCUT2D eigenvalue weighted by Crippen LogP contribution is 2.31. The Hall–Kier alpha value is -1.66. The van der Waals surface area contributed by atoms with Crippen LogP contribution in [0.4, 0.5) is 0 Å². The molecule has 0 radical (unpaired) electrons. The summed E-state index contributed by atoms with van der Waals surface area (Å²) in [7, 11) is 5.39. The summed E-state index contributed by atoms with van der Waals surface area (Å²) in [6, 6.07) is 6.54. The number of thioether (sulfide) groups is 1. The number of hydrogen-bond acceptors (Lipinski definition) is 5. The number of hydrogen-bond donors (Lipinski definition) is 1. The number of ether oxygens (including phenoxy) is 2. The van der Waals surface area contributed by atoms with Gasteiger partial charge in [-0.15, -0.1) is 0 Å². The molecule has 1 unspecified atom stereocenters. The van der Waals surface area contributed by atoms with Crippen LogP contribution in [0.1, 0.15) is 30.3 Å². The zero-order chi connectivity index (χ0) is 16.9. The molecule has 1 saturated heterocycles. The molecule has 1 aromatic carbocycles. The maximum Gasteiger partial charge on any atom is 0.130 e. The molecule has 5 nitrogen and oxygen atoms in total. The number of nitrogens with zero attached hydrogens (tertiary/aromatic N) is 2. The molecule has 6 heteroatoms. The molecule has 0 amide bonds. The average Bonchev–Trinajstić information content (AvgIpc) is 3.05. The molecule has 1 fully saturated rings. The highest BCUT2D eigenvalue weighted by molar-refractivity contribution is 7.99. The van der Waals surface area contributed by atoms with Crippen LogP contribution in [0.3, 0.4) is 0 Å². The Kier molecular flexibility index (Phi) is 5.68. The number of rotatable bonds is 6. The van der Waals surface area contributed by atoms with E-state index in [0.29, 0.717) is 6.04 Å². The molecule has 2 aromatic rings. The molecule has 1 atom stereocenters. The van der Waals surface area contributed by atoms with Crippen LogP contribution in [0.2, 0.25) is 0 Å². The molecule has 1 aliphatic rings. The zero-order valence-corrected chi connectivity index (χ0v) is 15.3. The molecular weight excluding hydrogens is 322 g/mol. The second kappa shape index (κ2) is 7.94. The summed E-state index contributed by atoms with van der Waals surface area (Å²) in [4.78, 5) is 4.58. The molecule has 0 aliphatic carbocycles. The first kappa shape index (κ1) is 17.2. The molecular formula is C18H25N3O2S. The fourth-order valence-corrected chi connectivity index (χ4v) is 4.18. The van der Waals surface area contributed by atoms with Gasteiger partial charge in [-0.25, -0.2) is 4.98 Å². The lowest BCUT2D eigenvalue weighted by Gasteiger charge is -2.28. The Morgan fingerprint density at radius 3 is 2.38 bits per heavy atom. The van der Waals surface area contributed by atoms with Crippen LogP contribution < -0.4 is 14.8 Å². The van der Waals surface area contributed by atoms with E-state index < -0.39 is 0 Å². The van der Waals surface area contributed by atoms with Gasteiger partial charge in [-0.3, -0.25) is 0 Å². The van der Waals surface area contributed by atoms with Crippen LogP contribution in [0, 0.1) is 0 Å². The Bertz CT molecular complexity index is 646. The molecule has 24 heavy (non-hydrogen) atoms. The van der Waals surface area contributed by atoms with Gasteiger partial charge in [-0.2, -0.15) is 11.8 Å². The van der Waals surface area contributed by atoms with Gasteiger partial charge in [0.05, 0.1) is 20.3 Å². The zero-order valence-electron chi connectivity index (χ0n) is 14.5. The largest absolute Gasteiger partial charge is 0.497 e. The van der Waals surface area contributed by atoms with Crippen LogP contribution >= 0.6 is 11.8 Å². The van der Waals surface area contributed by atoms with Gasteiger partial charge in [0.1, 0.15) is 17.3 Å². The van der Waals surface area contributed by atoms with Crippen LogP contribution in [0.15, 0.2) is 30.6 Å². The summed E-state index contributed by atoms with van der Waals surface area (Å²) in [5.41, 5.74) is 1.11. The van der Waals surface area contributed by atoms with Crippen molar-refractivity contribution < 1.29 is 9.47 Å². The van der Waals surface area contributed by atoms with Crippen LogP contribution in [-0.2, 0) is 7.05 Å². The van der Waals surface area contributed by atoms with E-state index in [2.05, 4.69) is 27.0 Å². The van der Waals surface area contributed by atoms with Gasteiger partial charge in [-0.05, 0) is 42.0 Å². The molecule has 1 aliphatic heterocycles. The SMILES string of the molecule is COc1cc(OC)cc(C(NC2CCSCC2)c2nccn2C)c1. The quantitative estimate of drug-likeness (QED) is 0.870. The molecule has 2 heterocycles. The van der Waals surface area contributed by atoms with Crippen molar-refractivity contribution >= 4 is 11.8 Å². The predicted molar refractivity (Wildman–Crippen MR) is 98.1 cm³/mol. The number of benzene rings is 1. The van der Waals surface area contributed by atoms with Crippen LogP contribution in [0.25, 0.3) is 0 Å². The van der Waals surface area contributed by atoms with Crippen LogP contribution in [0.5, 0.6) is 11.5 Å².